The van der Waals surface area contributed by atoms with Crippen molar-refractivity contribution in [1.82, 2.24) is 10.7 Å². The van der Waals surface area contributed by atoms with E-state index in [1.165, 1.54) is 19.4 Å². The van der Waals surface area contributed by atoms with Gasteiger partial charge in [-0.25, -0.2) is 5.43 Å². The summed E-state index contributed by atoms with van der Waals surface area (Å²) in [6, 6.07) is 2.98. The van der Waals surface area contributed by atoms with E-state index in [1.807, 2.05) is 0 Å². The Bertz CT molecular complexity index is 573. The Hall–Kier alpha value is -2.09. The van der Waals surface area contributed by atoms with E-state index in [1.54, 1.807) is 19.9 Å². The second kappa shape index (κ2) is 7.63. The largest absolute Gasteiger partial charge is 0.503 e. The molecule has 0 saturated heterocycles. The summed E-state index contributed by atoms with van der Waals surface area (Å²) in [5.41, 5.74) is 2.68. The van der Waals surface area contributed by atoms with Gasteiger partial charge < -0.3 is 15.2 Å². The number of phenols is 1. The molecule has 1 aromatic rings. The molecule has 0 aromatic heterocycles. The number of ether oxygens (including phenoxy) is 1. The number of hydrazone groups is 1. The van der Waals surface area contributed by atoms with Crippen LogP contribution in [-0.2, 0) is 9.59 Å². The van der Waals surface area contributed by atoms with Crippen LogP contribution in [0, 0.1) is 0 Å². The van der Waals surface area contributed by atoms with Crippen molar-refractivity contribution in [3.8, 4) is 11.5 Å². The van der Waals surface area contributed by atoms with Crippen molar-refractivity contribution in [3.05, 3.63) is 22.2 Å². The van der Waals surface area contributed by atoms with Crippen LogP contribution >= 0.6 is 15.9 Å². The number of phenolic OH excluding ortho intramolecular Hbond substituents is 1. The number of rotatable bonds is 4. The lowest BCUT2D eigenvalue weighted by Crippen LogP contribution is -2.41. The maximum Gasteiger partial charge on any atom is 0.329 e. The summed E-state index contributed by atoms with van der Waals surface area (Å²) in [6.45, 7) is 3.49. The SMILES string of the molecule is COc1cc(/C=N/NC(=O)C(=O)NC(C)C)cc(Br)c1O. The molecule has 8 heteroatoms. The van der Waals surface area contributed by atoms with Gasteiger partial charge in [0.15, 0.2) is 11.5 Å². The summed E-state index contributed by atoms with van der Waals surface area (Å²) in [4.78, 5) is 22.7. The van der Waals surface area contributed by atoms with Gasteiger partial charge in [0.25, 0.3) is 0 Å². The molecule has 0 spiro atoms. The fourth-order valence-electron chi connectivity index (χ4n) is 1.37. The molecule has 0 unspecified atom stereocenters. The van der Waals surface area contributed by atoms with Crippen LogP contribution in [0.5, 0.6) is 11.5 Å². The Morgan fingerprint density at radius 1 is 1.38 bits per heavy atom. The van der Waals surface area contributed by atoms with E-state index in [-0.39, 0.29) is 17.5 Å². The van der Waals surface area contributed by atoms with Crippen LogP contribution in [0.25, 0.3) is 0 Å². The molecule has 0 heterocycles. The highest BCUT2D eigenvalue weighted by Crippen LogP contribution is 2.34. The Morgan fingerprint density at radius 2 is 2.05 bits per heavy atom. The van der Waals surface area contributed by atoms with Gasteiger partial charge in [0, 0.05) is 6.04 Å². The lowest BCUT2D eigenvalue weighted by molar-refractivity contribution is -0.139. The van der Waals surface area contributed by atoms with Crippen LogP contribution < -0.4 is 15.5 Å². The van der Waals surface area contributed by atoms with Gasteiger partial charge in [-0.15, -0.1) is 0 Å². The van der Waals surface area contributed by atoms with Crippen molar-refractivity contribution in [2.45, 2.75) is 19.9 Å². The normalized spacial score (nSPS) is 10.7. The monoisotopic (exact) mass is 357 g/mol. The lowest BCUT2D eigenvalue weighted by Gasteiger charge is -2.07. The maximum absolute atomic E-state index is 11.4. The molecule has 7 nitrogen and oxygen atoms in total. The standard InChI is InChI=1S/C13H16BrN3O4/c1-7(2)16-12(19)13(20)17-15-6-8-4-9(14)11(18)10(5-8)21-3/h4-7,18H,1-3H3,(H,16,19)(H,17,20)/b15-6+. The first-order chi connectivity index (χ1) is 9.85. The van der Waals surface area contributed by atoms with Crippen molar-refractivity contribution in [1.29, 1.82) is 0 Å². The summed E-state index contributed by atoms with van der Waals surface area (Å²) >= 11 is 3.17. The first kappa shape index (κ1) is 17.0. The molecular formula is C13H16BrN3O4. The predicted octanol–water partition coefficient (Wildman–Crippen LogP) is 1.14. The quantitative estimate of drug-likeness (QED) is 0.427. The number of benzene rings is 1. The Balaban J connectivity index is 2.72. The highest BCUT2D eigenvalue weighted by Gasteiger charge is 2.13. The molecule has 21 heavy (non-hydrogen) atoms. The van der Waals surface area contributed by atoms with E-state index in [9.17, 15) is 14.7 Å². The van der Waals surface area contributed by atoms with Crippen LogP contribution in [0.3, 0.4) is 0 Å². The second-order valence-corrected chi connectivity index (χ2v) is 5.24. The van der Waals surface area contributed by atoms with E-state index in [0.717, 1.165) is 0 Å². The number of methoxy groups -OCH3 is 1. The first-order valence-electron chi connectivity index (χ1n) is 6.05. The molecule has 0 bridgehead atoms. The summed E-state index contributed by atoms with van der Waals surface area (Å²) < 4.78 is 5.41. The van der Waals surface area contributed by atoms with E-state index in [0.29, 0.717) is 10.0 Å². The molecule has 0 aliphatic rings. The van der Waals surface area contributed by atoms with Crippen LogP contribution in [0.4, 0.5) is 0 Å². The molecule has 2 amide bonds. The van der Waals surface area contributed by atoms with Gasteiger partial charge in [-0.1, -0.05) is 0 Å². The third kappa shape index (κ3) is 5.07. The molecule has 0 aliphatic carbocycles. The number of nitrogens with one attached hydrogen (secondary N) is 2. The highest BCUT2D eigenvalue weighted by atomic mass is 79.9. The molecule has 0 atom stereocenters. The van der Waals surface area contributed by atoms with Crippen molar-refractivity contribution >= 4 is 34.0 Å². The highest BCUT2D eigenvalue weighted by molar-refractivity contribution is 9.10. The number of halogens is 1. The minimum absolute atomic E-state index is 0.0324. The van der Waals surface area contributed by atoms with Gasteiger partial charge in [-0.2, -0.15) is 5.10 Å². The molecule has 0 radical (unpaired) electrons. The topological polar surface area (TPSA) is 100 Å². The molecule has 0 saturated carbocycles. The van der Waals surface area contributed by atoms with Gasteiger partial charge in [0.1, 0.15) is 0 Å². The van der Waals surface area contributed by atoms with Gasteiger partial charge in [-0.3, -0.25) is 9.59 Å². The van der Waals surface area contributed by atoms with Crippen LogP contribution in [0.1, 0.15) is 19.4 Å². The predicted molar refractivity (Wildman–Crippen MR) is 81.4 cm³/mol. The van der Waals surface area contributed by atoms with Crippen molar-refractivity contribution in [2.75, 3.05) is 7.11 Å². The Labute approximate surface area is 130 Å². The maximum atomic E-state index is 11.4. The van der Waals surface area contributed by atoms with Crippen LogP contribution in [0.15, 0.2) is 21.7 Å². The zero-order valence-corrected chi connectivity index (χ0v) is 13.4. The molecule has 3 N–H and O–H groups in total. The summed E-state index contributed by atoms with van der Waals surface area (Å²) in [6.07, 6.45) is 1.33. The van der Waals surface area contributed by atoms with Gasteiger partial charge >= 0.3 is 11.8 Å². The Kier molecular flexibility index (Phi) is 6.16. The zero-order valence-electron chi connectivity index (χ0n) is 11.8. The van der Waals surface area contributed by atoms with Gasteiger partial charge in [-0.05, 0) is 47.5 Å². The van der Waals surface area contributed by atoms with Crippen molar-refractivity contribution in [3.63, 3.8) is 0 Å². The molecule has 0 fully saturated rings. The average Bonchev–Trinajstić information content (AvgIpc) is 2.41. The lowest BCUT2D eigenvalue weighted by atomic mass is 10.2. The third-order valence-electron chi connectivity index (χ3n) is 2.28. The smallest absolute Gasteiger partial charge is 0.329 e. The summed E-state index contributed by atoms with van der Waals surface area (Å²) in [5.74, 6) is -1.39. The van der Waals surface area contributed by atoms with Crippen molar-refractivity contribution < 1.29 is 19.4 Å². The molecular weight excluding hydrogens is 342 g/mol. The third-order valence-corrected chi connectivity index (χ3v) is 2.88. The van der Waals surface area contributed by atoms with E-state index in [2.05, 4.69) is 31.8 Å². The van der Waals surface area contributed by atoms with Crippen molar-refractivity contribution in [2.24, 2.45) is 5.10 Å². The Morgan fingerprint density at radius 3 is 2.62 bits per heavy atom. The minimum atomic E-state index is -0.857. The second-order valence-electron chi connectivity index (χ2n) is 4.38. The van der Waals surface area contributed by atoms with E-state index >= 15 is 0 Å². The molecule has 1 rings (SSSR count). The van der Waals surface area contributed by atoms with Gasteiger partial charge in [0.05, 0.1) is 17.8 Å². The number of aromatic hydroxyl groups is 1. The van der Waals surface area contributed by atoms with Gasteiger partial charge in [0.2, 0.25) is 0 Å². The van der Waals surface area contributed by atoms with Crippen LogP contribution in [-0.4, -0.2) is 36.3 Å². The van der Waals surface area contributed by atoms with E-state index in [4.69, 9.17) is 4.74 Å². The number of hydrogen-bond acceptors (Lipinski definition) is 5. The average molecular weight is 358 g/mol. The molecule has 0 aliphatic heterocycles. The van der Waals surface area contributed by atoms with E-state index < -0.39 is 11.8 Å². The number of hydrogen-bond donors (Lipinski definition) is 3. The summed E-state index contributed by atoms with van der Waals surface area (Å²) in [5, 5.41) is 15.8. The summed E-state index contributed by atoms with van der Waals surface area (Å²) in [7, 11) is 1.42. The number of carbonyl (C=O) groups is 2. The number of nitrogens with zero attached hydrogens (tertiary/aromatic N) is 1. The number of carbonyl (C=O) groups excluding carboxylic acids is 2. The molecule has 114 valence electrons. The fourth-order valence-corrected chi connectivity index (χ4v) is 1.83. The fraction of sp³-hybridized carbons (Fsp3) is 0.308. The first-order valence-corrected chi connectivity index (χ1v) is 6.84. The van der Waals surface area contributed by atoms with Crippen LogP contribution in [0.2, 0.25) is 0 Å². The molecule has 1 aromatic carbocycles. The number of amides is 2. The minimum Gasteiger partial charge on any atom is -0.503 e. The zero-order chi connectivity index (χ0) is 16.0.